The Morgan fingerprint density at radius 3 is 1.36 bits per heavy atom. The van der Waals surface area contributed by atoms with Gasteiger partial charge in [0, 0.05) is 19.4 Å². The number of nitrogens with two attached hydrogens (primary N) is 1. The smallest absolute Gasteiger partial charge is 0.462 e. The lowest BCUT2D eigenvalue weighted by Gasteiger charge is -2.19. The first-order chi connectivity index (χ1) is 25.8. The highest BCUT2D eigenvalue weighted by Gasteiger charge is 2.26. The second-order valence-electron chi connectivity index (χ2n) is 14.9. The van der Waals surface area contributed by atoms with Gasteiger partial charge in [-0.05, 0) is 38.5 Å². The molecule has 9 nitrogen and oxygen atoms in total. The van der Waals surface area contributed by atoms with Crippen LogP contribution in [0, 0.1) is 0 Å². The Bertz CT molecular complexity index is 886. The predicted octanol–water partition coefficient (Wildman–Crippen LogP) is 12.6. The number of rotatable bonds is 42. The lowest BCUT2D eigenvalue weighted by Crippen LogP contribution is -2.29. The number of hydrogen-bond acceptors (Lipinski definition) is 8. The van der Waals surface area contributed by atoms with Crippen LogP contribution in [0.4, 0.5) is 0 Å². The van der Waals surface area contributed by atoms with Crippen molar-refractivity contribution < 1.29 is 37.6 Å². The molecule has 0 aliphatic carbocycles. The summed E-state index contributed by atoms with van der Waals surface area (Å²) in [5.74, 6) is -0.819. The van der Waals surface area contributed by atoms with Crippen molar-refractivity contribution >= 4 is 19.8 Å². The van der Waals surface area contributed by atoms with Gasteiger partial charge in [-0.1, -0.05) is 180 Å². The van der Waals surface area contributed by atoms with Crippen LogP contribution in [0.15, 0.2) is 12.2 Å². The van der Waals surface area contributed by atoms with E-state index in [1.54, 1.807) is 0 Å². The van der Waals surface area contributed by atoms with Crippen LogP contribution in [0.1, 0.15) is 219 Å². The molecule has 0 spiro atoms. The van der Waals surface area contributed by atoms with E-state index < -0.39 is 26.5 Å². The Balaban J connectivity index is 4.11. The molecule has 0 aromatic carbocycles. The van der Waals surface area contributed by atoms with Crippen LogP contribution in [-0.2, 0) is 32.7 Å². The Morgan fingerprint density at radius 1 is 0.547 bits per heavy atom. The molecule has 2 atom stereocenters. The van der Waals surface area contributed by atoms with Crippen LogP contribution < -0.4 is 5.73 Å². The SMILES string of the molecule is CCCCCC/C=C/CCCCCCCCCCCC(=O)O[C@H](COC(=O)CCCCCCCCCCCCCCCCC)COP(=O)(O)OCCN. The molecule has 0 aliphatic heterocycles. The molecule has 0 aliphatic rings. The van der Waals surface area contributed by atoms with E-state index in [1.807, 2.05) is 0 Å². The number of allylic oxidation sites excluding steroid dienone is 2. The lowest BCUT2D eigenvalue weighted by molar-refractivity contribution is -0.161. The van der Waals surface area contributed by atoms with Crippen LogP contribution >= 0.6 is 7.82 Å². The molecule has 0 bridgehead atoms. The van der Waals surface area contributed by atoms with E-state index in [0.717, 1.165) is 38.5 Å². The van der Waals surface area contributed by atoms with Gasteiger partial charge in [0.05, 0.1) is 13.2 Å². The first-order valence-corrected chi connectivity index (χ1v) is 23.7. The van der Waals surface area contributed by atoms with Crippen molar-refractivity contribution in [3.63, 3.8) is 0 Å². The van der Waals surface area contributed by atoms with Crippen molar-refractivity contribution in [2.75, 3.05) is 26.4 Å². The quantitative estimate of drug-likeness (QED) is 0.0269. The second kappa shape index (κ2) is 40.4. The van der Waals surface area contributed by atoms with E-state index in [2.05, 4.69) is 26.0 Å². The normalized spacial score (nSPS) is 13.4. The van der Waals surface area contributed by atoms with Crippen molar-refractivity contribution in [1.29, 1.82) is 0 Å². The summed E-state index contributed by atoms with van der Waals surface area (Å²) >= 11 is 0. The zero-order chi connectivity index (χ0) is 38.9. The summed E-state index contributed by atoms with van der Waals surface area (Å²) in [6.45, 7) is 3.75. The highest BCUT2D eigenvalue weighted by molar-refractivity contribution is 7.47. The van der Waals surface area contributed by atoms with E-state index in [4.69, 9.17) is 24.3 Å². The molecule has 0 aromatic heterocycles. The maximum atomic E-state index is 12.6. The van der Waals surface area contributed by atoms with Gasteiger partial charge in [0.2, 0.25) is 0 Å². The third-order valence-electron chi connectivity index (χ3n) is 9.65. The zero-order valence-electron chi connectivity index (χ0n) is 34.5. The number of hydrogen-bond donors (Lipinski definition) is 2. The van der Waals surface area contributed by atoms with E-state index in [-0.39, 0.29) is 38.6 Å². The van der Waals surface area contributed by atoms with Gasteiger partial charge in [-0.2, -0.15) is 0 Å². The first kappa shape index (κ1) is 51.8. The van der Waals surface area contributed by atoms with Crippen molar-refractivity contribution in [2.45, 2.75) is 225 Å². The molecule has 0 rings (SSSR count). The summed E-state index contributed by atoms with van der Waals surface area (Å²) in [6, 6.07) is 0. The van der Waals surface area contributed by atoms with E-state index in [0.29, 0.717) is 6.42 Å². The molecule has 314 valence electrons. The monoisotopic (exact) mass is 774 g/mol. The minimum atomic E-state index is -4.37. The van der Waals surface area contributed by atoms with Crippen molar-refractivity contribution in [2.24, 2.45) is 5.73 Å². The van der Waals surface area contributed by atoms with Crippen LogP contribution in [0.3, 0.4) is 0 Å². The minimum absolute atomic E-state index is 0.0560. The van der Waals surface area contributed by atoms with Gasteiger partial charge in [-0.3, -0.25) is 18.6 Å². The third-order valence-corrected chi connectivity index (χ3v) is 10.6. The Labute approximate surface area is 326 Å². The van der Waals surface area contributed by atoms with E-state index in [1.165, 1.54) is 148 Å². The summed E-state index contributed by atoms with van der Waals surface area (Å²) in [7, 11) is -4.37. The zero-order valence-corrected chi connectivity index (χ0v) is 35.4. The molecule has 0 amide bonds. The number of carbonyl (C=O) groups is 2. The molecule has 1 unspecified atom stereocenters. The molecule has 0 saturated heterocycles. The van der Waals surface area contributed by atoms with Crippen LogP contribution in [-0.4, -0.2) is 49.3 Å². The average molecular weight is 774 g/mol. The number of phosphoric acid groups is 1. The van der Waals surface area contributed by atoms with Crippen LogP contribution in [0.5, 0.6) is 0 Å². The minimum Gasteiger partial charge on any atom is -0.462 e. The summed E-state index contributed by atoms with van der Waals surface area (Å²) in [4.78, 5) is 34.9. The molecular formula is C43H84NO8P. The number of unbranched alkanes of at least 4 members (excludes halogenated alkanes) is 27. The van der Waals surface area contributed by atoms with E-state index >= 15 is 0 Å². The van der Waals surface area contributed by atoms with Crippen molar-refractivity contribution in [3.8, 4) is 0 Å². The van der Waals surface area contributed by atoms with Crippen molar-refractivity contribution in [1.82, 2.24) is 0 Å². The Kier molecular flexibility index (Phi) is 39.5. The fourth-order valence-electron chi connectivity index (χ4n) is 6.34. The molecule has 0 radical (unpaired) electrons. The molecule has 0 fully saturated rings. The van der Waals surface area contributed by atoms with E-state index in [9.17, 15) is 19.0 Å². The number of carbonyl (C=O) groups excluding carboxylic acids is 2. The van der Waals surface area contributed by atoms with Gasteiger partial charge in [0.25, 0.3) is 0 Å². The molecule has 0 saturated carbocycles. The first-order valence-electron chi connectivity index (χ1n) is 22.2. The Morgan fingerprint density at radius 2 is 0.925 bits per heavy atom. The van der Waals surface area contributed by atoms with Gasteiger partial charge >= 0.3 is 19.8 Å². The molecule has 10 heteroatoms. The van der Waals surface area contributed by atoms with Crippen LogP contribution in [0.2, 0.25) is 0 Å². The molecule has 0 aromatic rings. The van der Waals surface area contributed by atoms with Crippen LogP contribution in [0.25, 0.3) is 0 Å². The number of ether oxygens (including phenoxy) is 2. The topological polar surface area (TPSA) is 134 Å². The maximum Gasteiger partial charge on any atom is 0.472 e. The maximum absolute atomic E-state index is 12.6. The highest BCUT2D eigenvalue weighted by Crippen LogP contribution is 2.43. The molecule has 53 heavy (non-hydrogen) atoms. The van der Waals surface area contributed by atoms with Gasteiger partial charge in [0.15, 0.2) is 6.10 Å². The molecule has 3 N–H and O–H groups in total. The second-order valence-corrected chi connectivity index (χ2v) is 16.4. The summed E-state index contributed by atoms with van der Waals surface area (Å²) in [5, 5.41) is 0. The molecular weight excluding hydrogens is 689 g/mol. The third kappa shape index (κ3) is 40.2. The largest absolute Gasteiger partial charge is 0.472 e. The number of phosphoric ester groups is 1. The predicted molar refractivity (Wildman–Crippen MR) is 220 cm³/mol. The van der Waals surface area contributed by atoms with Crippen molar-refractivity contribution in [3.05, 3.63) is 12.2 Å². The average Bonchev–Trinajstić information content (AvgIpc) is 3.14. The fourth-order valence-corrected chi connectivity index (χ4v) is 7.10. The molecule has 0 heterocycles. The van der Waals surface area contributed by atoms with Gasteiger partial charge in [-0.15, -0.1) is 0 Å². The summed E-state index contributed by atoms with van der Waals surface area (Å²) in [6.07, 6.45) is 40.9. The summed E-state index contributed by atoms with van der Waals surface area (Å²) < 4.78 is 32.8. The highest BCUT2D eigenvalue weighted by atomic mass is 31.2. The van der Waals surface area contributed by atoms with Gasteiger partial charge in [0.1, 0.15) is 6.61 Å². The lowest BCUT2D eigenvalue weighted by atomic mass is 10.0. The Hall–Kier alpha value is -1.25. The fraction of sp³-hybridized carbons (Fsp3) is 0.907. The number of esters is 2. The summed E-state index contributed by atoms with van der Waals surface area (Å²) in [5.41, 5.74) is 5.35. The van der Waals surface area contributed by atoms with Gasteiger partial charge in [-0.25, -0.2) is 4.57 Å². The van der Waals surface area contributed by atoms with Gasteiger partial charge < -0.3 is 20.1 Å². The standard InChI is InChI=1S/C43H84NO8P/c1-3-5-7-9-11-13-15-17-19-20-22-24-26-28-30-32-34-36-43(46)52-41(40-51-53(47,48)50-38-37-44)39-49-42(45)35-33-31-29-27-25-23-21-18-16-14-12-10-8-6-4-2/h13,15,41H,3-12,14,16-40,44H2,1-2H3,(H,47,48)/b15-13+/t41-/m1/s1.